The van der Waals surface area contributed by atoms with Crippen LogP contribution in [0.25, 0.3) is 28.1 Å². The van der Waals surface area contributed by atoms with Gasteiger partial charge in [-0.3, -0.25) is 9.36 Å². The third-order valence-electron chi connectivity index (χ3n) is 4.55. The first kappa shape index (κ1) is 21.2. The number of aliphatic hydroxyl groups is 1. The highest BCUT2D eigenvalue weighted by molar-refractivity contribution is 5.78. The van der Waals surface area contributed by atoms with Crippen LogP contribution in [0.4, 0.5) is 0 Å². The van der Waals surface area contributed by atoms with E-state index in [0.29, 0.717) is 6.54 Å². The molecule has 0 radical (unpaired) electrons. The lowest BCUT2D eigenvalue weighted by Crippen LogP contribution is -2.10. The number of hydrogen-bond donors (Lipinski definition) is 2. The van der Waals surface area contributed by atoms with E-state index in [1.807, 2.05) is 23.0 Å². The molecule has 0 saturated carbocycles. The Bertz CT molecular complexity index is 1120. The first-order chi connectivity index (χ1) is 14.6. The van der Waals surface area contributed by atoms with Gasteiger partial charge in [0.25, 0.3) is 6.47 Å². The highest BCUT2D eigenvalue weighted by atomic mass is 16.3. The van der Waals surface area contributed by atoms with E-state index in [0.717, 1.165) is 34.7 Å². The lowest BCUT2D eigenvalue weighted by atomic mass is 10.1. The van der Waals surface area contributed by atoms with Crippen molar-refractivity contribution in [3.63, 3.8) is 0 Å². The molecule has 0 aliphatic heterocycles. The number of benzene rings is 2. The topological polar surface area (TPSA) is 96.4 Å². The molecule has 0 bridgehead atoms. The van der Waals surface area contributed by atoms with Gasteiger partial charge in [-0.15, -0.1) is 0 Å². The Morgan fingerprint density at radius 3 is 2.67 bits per heavy atom. The normalized spacial score (nSPS) is 10.8. The Morgan fingerprint density at radius 2 is 1.93 bits per heavy atom. The third kappa shape index (κ3) is 4.73. The molecular weight excluding hydrogens is 382 g/mol. The number of aliphatic hydroxyl groups excluding tert-OH is 1. The lowest BCUT2D eigenvalue weighted by Gasteiger charge is -2.12. The molecule has 0 atom stereocenters. The quantitative estimate of drug-likeness (QED) is 0.477. The summed E-state index contributed by atoms with van der Waals surface area (Å²) in [6.07, 6.45) is 5.56. The molecule has 4 rings (SSSR count). The SMILES string of the molecule is CN(C)Cc1cccc(-c2nccn2-c2ccc3c(c2)ncn3CCO)c1.O=CO. The molecule has 0 saturated heterocycles. The molecule has 2 heterocycles. The molecule has 30 heavy (non-hydrogen) atoms. The Hall–Kier alpha value is -3.49. The predicted molar refractivity (Wildman–Crippen MR) is 115 cm³/mol. The molecular formula is C22H25N5O3. The second-order valence-corrected chi connectivity index (χ2v) is 7.00. The minimum atomic E-state index is -0.250. The summed E-state index contributed by atoms with van der Waals surface area (Å²) in [4.78, 5) is 19.6. The molecule has 0 spiro atoms. The lowest BCUT2D eigenvalue weighted by molar-refractivity contribution is -0.122. The summed E-state index contributed by atoms with van der Waals surface area (Å²) in [5, 5.41) is 16.1. The Balaban J connectivity index is 0.000000806. The van der Waals surface area contributed by atoms with Crippen LogP contribution in [0.2, 0.25) is 0 Å². The van der Waals surface area contributed by atoms with Crippen molar-refractivity contribution in [3.8, 4) is 17.1 Å². The average Bonchev–Trinajstić information content (AvgIpc) is 3.36. The summed E-state index contributed by atoms with van der Waals surface area (Å²) >= 11 is 0. The van der Waals surface area contributed by atoms with E-state index in [4.69, 9.17) is 9.90 Å². The van der Waals surface area contributed by atoms with Gasteiger partial charge < -0.3 is 19.7 Å². The van der Waals surface area contributed by atoms with E-state index in [2.05, 4.69) is 69.9 Å². The van der Waals surface area contributed by atoms with Crippen molar-refractivity contribution in [1.82, 2.24) is 24.0 Å². The van der Waals surface area contributed by atoms with Crippen LogP contribution < -0.4 is 0 Å². The van der Waals surface area contributed by atoms with E-state index in [1.54, 1.807) is 6.33 Å². The summed E-state index contributed by atoms with van der Waals surface area (Å²) in [6, 6.07) is 14.6. The smallest absolute Gasteiger partial charge is 0.290 e. The van der Waals surface area contributed by atoms with Gasteiger partial charge in [-0.1, -0.05) is 18.2 Å². The fourth-order valence-electron chi connectivity index (χ4n) is 3.39. The van der Waals surface area contributed by atoms with Crippen LogP contribution in [0.3, 0.4) is 0 Å². The molecule has 8 heteroatoms. The Kier molecular flexibility index (Phi) is 6.95. The molecule has 8 nitrogen and oxygen atoms in total. The maximum absolute atomic E-state index is 9.18. The van der Waals surface area contributed by atoms with Crippen LogP contribution >= 0.6 is 0 Å². The zero-order valence-corrected chi connectivity index (χ0v) is 17.0. The number of nitrogens with zero attached hydrogens (tertiary/aromatic N) is 5. The number of hydrogen-bond acceptors (Lipinski definition) is 5. The van der Waals surface area contributed by atoms with E-state index in [1.165, 1.54) is 5.56 Å². The number of carboxylic acid groups (broad SMARTS) is 1. The zero-order chi connectivity index (χ0) is 21.5. The Labute approximate surface area is 174 Å². The number of rotatable bonds is 6. The molecule has 0 fully saturated rings. The number of imidazole rings is 2. The zero-order valence-electron chi connectivity index (χ0n) is 17.0. The highest BCUT2D eigenvalue weighted by Gasteiger charge is 2.11. The number of carbonyl (C=O) groups is 1. The molecule has 2 N–H and O–H groups in total. The van der Waals surface area contributed by atoms with Crippen LogP contribution in [-0.2, 0) is 17.9 Å². The molecule has 4 aromatic rings. The van der Waals surface area contributed by atoms with Crippen LogP contribution in [0, 0.1) is 0 Å². The van der Waals surface area contributed by atoms with Crippen molar-refractivity contribution in [3.05, 3.63) is 66.7 Å². The minimum Gasteiger partial charge on any atom is -0.483 e. The van der Waals surface area contributed by atoms with Crippen molar-refractivity contribution in [2.24, 2.45) is 0 Å². The average molecular weight is 407 g/mol. The number of fused-ring (bicyclic) bond motifs is 1. The van der Waals surface area contributed by atoms with Crippen molar-refractivity contribution in [2.45, 2.75) is 13.1 Å². The van der Waals surface area contributed by atoms with Crippen LogP contribution in [0.15, 0.2) is 61.2 Å². The van der Waals surface area contributed by atoms with Gasteiger partial charge in [-0.25, -0.2) is 9.97 Å². The van der Waals surface area contributed by atoms with E-state index in [9.17, 15) is 5.11 Å². The summed E-state index contributed by atoms with van der Waals surface area (Å²) in [5.41, 5.74) is 5.28. The van der Waals surface area contributed by atoms with Crippen molar-refractivity contribution < 1.29 is 15.0 Å². The van der Waals surface area contributed by atoms with Crippen molar-refractivity contribution >= 4 is 17.5 Å². The minimum absolute atomic E-state index is 0.0994. The summed E-state index contributed by atoms with van der Waals surface area (Å²) in [6.45, 7) is 1.29. The molecule has 0 unspecified atom stereocenters. The fraction of sp³-hybridized carbons (Fsp3) is 0.227. The first-order valence-corrected chi connectivity index (χ1v) is 9.48. The summed E-state index contributed by atoms with van der Waals surface area (Å²) < 4.78 is 4.04. The fourth-order valence-corrected chi connectivity index (χ4v) is 3.39. The molecule has 2 aromatic carbocycles. The summed E-state index contributed by atoms with van der Waals surface area (Å²) in [5.74, 6) is 0.907. The molecule has 0 aliphatic carbocycles. The standard InChI is InChI=1S/C21H23N5O.CH2O2/c1-24(2)14-16-4-3-5-17(12-16)21-22-8-9-26(21)18-6-7-20-19(13-18)23-15-25(20)10-11-27;2-1-3/h3-9,12-13,15,27H,10-11,14H2,1-2H3;1H,(H,2,3). The van der Waals surface area contributed by atoms with E-state index < -0.39 is 0 Å². The van der Waals surface area contributed by atoms with Crippen molar-refractivity contribution in [1.29, 1.82) is 0 Å². The highest BCUT2D eigenvalue weighted by Crippen LogP contribution is 2.25. The largest absolute Gasteiger partial charge is 0.483 e. The van der Waals surface area contributed by atoms with Gasteiger partial charge in [0, 0.05) is 36.7 Å². The van der Waals surface area contributed by atoms with Crippen LogP contribution in [0.5, 0.6) is 0 Å². The van der Waals surface area contributed by atoms with Crippen molar-refractivity contribution in [2.75, 3.05) is 20.7 Å². The summed E-state index contributed by atoms with van der Waals surface area (Å²) in [7, 11) is 4.14. The van der Waals surface area contributed by atoms with E-state index in [-0.39, 0.29) is 13.1 Å². The third-order valence-corrected chi connectivity index (χ3v) is 4.55. The first-order valence-electron chi connectivity index (χ1n) is 9.48. The second kappa shape index (κ2) is 9.82. The Morgan fingerprint density at radius 1 is 1.13 bits per heavy atom. The maximum atomic E-state index is 9.18. The van der Waals surface area contributed by atoms with Crippen LogP contribution in [0.1, 0.15) is 5.56 Å². The number of aromatic nitrogens is 4. The van der Waals surface area contributed by atoms with Gasteiger partial charge in [0.05, 0.1) is 24.0 Å². The van der Waals surface area contributed by atoms with Gasteiger partial charge in [0.1, 0.15) is 5.82 Å². The van der Waals surface area contributed by atoms with Gasteiger partial charge in [0.15, 0.2) is 0 Å². The molecule has 0 amide bonds. The predicted octanol–water partition coefficient (Wildman–Crippen LogP) is 2.64. The van der Waals surface area contributed by atoms with Gasteiger partial charge >= 0.3 is 0 Å². The molecule has 2 aromatic heterocycles. The maximum Gasteiger partial charge on any atom is 0.290 e. The molecule has 0 aliphatic rings. The second-order valence-electron chi connectivity index (χ2n) is 7.00. The van der Waals surface area contributed by atoms with Gasteiger partial charge in [-0.2, -0.15) is 0 Å². The van der Waals surface area contributed by atoms with E-state index >= 15 is 0 Å². The van der Waals surface area contributed by atoms with Gasteiger partial charge in [0.2, 0.25) is 0 Å². The van der Waals surface area contributed by atoms with Crippen LogP contribution in [-0.4, -0.2) is 61.4 Å². The molecule has 156 valence electrons. The van der Waals surface area contributed by atoms with Gasteiger partial charge in [-0.05, 0) is 43.9 Å². The monoisotopic (exact) mass is 407 g/mol.